The van der Waals surface area contributed by atoms with Gasteiger partial charge >= 0.3 is 6.03 Å². The third-order valence-electron chi connectivity index (χ3n) is 2.21. The average molecular weight is 295 g/mol. The summed E-state index contributed by atoms with van der Waals surface area (Å²) in [7, 11) is 0. The number of thioether (sulfide) groups is 1. The van der Waals surface area contributed by atoms with E-state index >= 15 is 0 Å². The van der Waals surface area contributed by atoms with Crippen LogP contribution in [0.3, 0.4) is 0 Å². The third kappa shape index (κ3) is 4.88. The van der Waals surface area contributed by atoms with Crippen molar-refractivity contribution in [1.82, 2.24) is 25.4 Å². The minimum atomic E-state index is -0.542. The fourth-order valence-corrected chi connectivity index (χ4v) is 2.10. The van der Waals surface area contributed by atoms with Crippen LogP contribution in [0.25, 0.3) is 0 Å². The maximum atomic E-state index is 11.6. The quantitative estimate of drug-likeness (QED) is 0.576. The van der Waals surface area contributed by atoms with Crippen LogP contribution >= 0.6 is 11.8 Å². The van der Waals surface area contributed by atoms with Crippen molar-refractivity contribution in [3.05, 3.63) is 31.1 Å². The minimum Gasteiger partial charge on any atom is -0.334 e. The SMILES string of the molecule is C=CCNC(=O)NC(=O)CSc1nnc(C)n1CC=C. The van der Waals surface area contributed by atoms with Gasteiger partial charge in [0.25, 0.3) is 0 Å². The number of aromatic nitrogens is 3. The zero-order chi connectivity index (χ0) is 15.0. The lowest BCUT2D eigenvalue weighted by molar-refractivity contribution is -0.117. The number of carbonyl (C=O) groups is 2. The highest BCUT2D eigenvalue weighted by Crippen LogP contribution is 2.16. The second-order valence-electron chi connectivity index (χ2n) is 3.76. The number of carbonyl (C=O) groups excluding carboxylic acids is 2. The van der Waals surface area contributed by atoms with E-state index < -0.39 is 11.9 Å². The molecule has 20 heavy (non-hydrogen) atoms. The van der Waals surface area contributed by atoms with Crippen LogP contribution in [-0.2, 0) is 11.3 Å². The molecule has 1 aromatic rings. The Labute approximate surface area is 121 Å². The standard InChI is InChI=1S/C12H17N5O2S/c1-4-6-13-11(19)14-10(18)8-20-12-16-15-9(3)17(12)7-5-2/h4-5H,1-2,6-8H2,3H3,(H2,13,14,18,19). The molecule has 3 amide bonds. The molecule has 0 aliphatic heterocycles. The smallest absolute Gasteiger partial charge is 0.321 e. The van der Waals surface area contributed by atoms with Gasteiger partial charge in [0.2, 0.25) is 5.91 Å². The van der Waals surface area contributed by atoms with E-state index in [-0.39, 0.29) is 5.75 Å². The van der Waals surface area contributed by atoms with Crippen molar-refractivity contribution in [2.24, 2.45) is 0 Å². The molecule has 1 rings (SSSR count). The summed E-state index contributed by atoms with van der Waals surface area (Å²) in [5.74, 6) is 0.426. The summed E-state index contributed by atoms with van der Waals surface area (Å²) >= 11 is 1.21. The van der Waals surface area contributed by atoms with E-state index in [1.54, 1.807) is 6.08 Å². The maximum Gasteiger partial charge on any atom is 0.321 e. The zero-order valence-corrected chi connectivity index (χ0v) is 12.1. The molecule has 2 N–H and O–H groups in total. The molecular weight excluding hydrogens is 278 g/mol. The van der Waals surface area contributed by atoms with Gasteiger partial charge in [0.05, 0.1) is 5.75 Å². The van der Waals surface area contributed by atoms with Gasteiger partial charge in [-0.05, 0) is 6.92 Å². The molecule has 0 atom stereocenters. The Balaban J connectivity index is 2.46. The molecule has 7 nitrogen and oxygen atoms in total. The van der Waals surface area contributed by atoms with Crippen LogP contribution in [-0.4, -0.2) is 39.0 Å². The monoisotopic (exact) mass is 295 g/mol. The Kier molecular flexibility index (Phi) is 6.51. The van der Waals surface area contributed by atoms with Gasteiger partial charge in [0.1, 0.15) is 5.82 Å². The molecule has 0 aliphatic carbocycles. The number of allylic oxidation sites excluding steroid dienone is 1. The highest BCUT2D eigenvalue weighted by Gasteiger charge is 2.12. The Morgan fingerprint density at radius 1 is 1.35 bits per heavy atom. The number of nitrogens with one attached hydrogen (secondary N) is 2. The van der Waals surface area contributed by atoms with Gasteiger partial charge in [-0.25, -0.2) is 4.79 Å². The Bertz CT molecular complexity index is 512. The first-order valence-corrected chi connectivity index (χ1v) is 6.89. The zero-order valence-electron chi connectivity index (χ0n) is 11.3. The average Bonchev–Trinajstić information content (AvgIpc) is 2.76. The molecule has 0 fully saturated rings. The van der Waals surface area contributed by atoms with Crippen LogP contribution in [0, 0.1) is 6.92 Å². The van der Waals surface area contributed by atoms with Crippen LogP contribution in [0.15, 0.2) is 30.5 Å². The van der Waals surface area contributed by atoms with Gasteiger partial charge in [-0.3, -0.25) is 10.1 Å². The van der Waals surface area contributed by atoms with E-state index in [2.05, 4.69) is 34.0 Å². The fraction of sp³-hybridized carbons (Fsp3) is 0.333. The largest absolute Gasteiger partial charge is 0.334 e. The van der Waals surface area contributed by atoms with Gasteiger partial charge in [-0.1, -0.05) is 23.9 Å². The highest BCUT2D eigenvalue weighted by atomic mass is 32.2. The van der Waals surface area contributed by atoms with Crippen LogP contribution in [0.5, 0.6) is 0 Å². The lowest BCUT2D eigenvalue weighted by Gasteiger charge is -2.06. The highest BCUT2D eigenvalue weighted by molar-refractivity contribution is 7.99. The van der Waals surface area contributed by atoms with Crippen molar-refractivity contribution in [3.63, 3.8) is 0 Å². The normalized spacial score (nSPS) is 9.85. The van der Waals surface area contributed by atoms with Crippen LogP contribution < -0.4 is 10.6 Å². The summed E-state index contributed by atoms with van der Waals surface area (Å²) in [6.45, 7) is 9.81. The third-order valence-corrected chi connectivity index (χ3v) is 3.17. The van der Waals surface area contributed by atoms with Crippen molar-refractivity contribution in [3.8, 4) is 0 Å². The van der Waals surface area contributed by atoms with E-state index in [4.69, 9.17) is 0 Å². The predicted molar refractivity (Wildman–Crippen MR) is 77.4 cm³/mol. The van der Waals surface area contributed by atoms with Crippen LogP contribution in [0.1, 0.15) is 5.82 Å². The first-order chi connectivity index (χ1) is 9.58. The van der Waals surface area contributed by atoms with Crippen LogP contribution in [0.2, 0.25) is 0 Å². The molecule has 0 radical (unpaired) electrons. The topological polar surface area (TPSA) is 88.9 Å². The summed E-state index contributed by atoms with van der Waals surface area (Å²) in [6.07, 6.45) is 3.25. The maximum absolute atomic E-state index is 11.6. The number of urea groups is 1. The van der Waals surface area contributed by atoms with Gasteiger partial charge in [0, 0.05) is 13.1 Å². The fourth-order valence-electron chi connectivity index (χ4n) is 1.31. The molecule has 0 saturated heterocycles. The van der Waals surface area contributed by atoms with Crippen molar-refractivity contribution in [2.45, 2.75) is 18.6 Å². The predicted octanol–water partition coefficient (Wildman–Crippen LogP) is 0.876. The number of hydrogen-bond acceptors (Lipinski definition) is 5. The molecule has 0 unspecified atom stereocenters. The number of aryl methyl sites for hydroxylation is 1. The Morgan fingerprint density at radius 3 is 2.75 bits per heavy atom. The lowest BCUT2D eigenvalue weighted by Crippen LogP contribution is -2.40. The summed E-state index contributed by atoms with van der Waals surface area (Å²) in [6, 6.07) is -0.542. The van der Waals surface area contributed by atoms with Gasteiger partial charge < -0.3 is 9.88 Å². The molecule has 1 aromatic heterocycles. The minimum absolute atomic E-state index is 0.0801. The van der Waals surface area contributed by atoms with Gasteiger partial charge in [-0.2, -0.15) is 0 Å². The molecular formula is C12H17N5O2S. The number of imide groups is 1. The molecule has 0 saturated carbocycles. The number of hydrogen-bond donors (Lipinski definition) is 2. The van der Waals surface area contributed by atoms with E-state index in [0.29, 0.717) is 18.2 Å². The molecule has 1 heterocycles. The van der Waals surface area contributed by atoms with Crippen molar-refractivity contribution >= 4 is 23.7 Å². The first kappa shape index (κ1) is 16.0. The van der Waals surface area contributed by atoms with Crippen molar-refractivity contribution < 1.29 is 9.59 Å². The summed E-state index contributed by atoms with van der Waals surface area (Å²) < 4.78 is 1.84. The summed E-state index contributed by atoms with van der Waals surface area (Å²) in [4.78, 5) is 22.8. The van der Waals surface area contributed by atoms with Crippen molar-refractivity contribution in [2.75, 3.05) is 12.3 Å². The van der Waals surface area contributed by atoms with Gasteiger partial charge in [0.15, 0.2) is 5.16 Å². The molecule has 8 heteroatoms. The van der Waals surface area contributed by atoms with Gasteiger partial charge in [-0.15, -0.1) is 23.4 Å². The Hall–Kier alpha value is -2.09. The molecule has 0 aliphatic rings. The summed E-state index contributed by atoms with van der Waals surface area (Å²) in [5, 5.41) is 13.2. The molecule has 108 valence electrons. The molecule has 0 aromatic carbocycles. The Morgan fingerprint density at radius 2 is 2.10 bits per heavy atom. The number of amides is 3. The number of nitrogens with zero attached hydrogens (tertiary/aromatic N) is 3. The molecule has 0 bridgehead atoms. The first-order valence-electron chi connectivity index (χ1n) is 5.90. The molecule has 0 spiro atoms. The summed E-state index contributed by atoms with van der Waals surface area (Å²) in [5.41, 5.74) is 0. The number of rotatable bonds is 7. The second kappa shape index (κ2) is 8.16. The van der Waals surface area contributed by atoms with Crippen molar-refractivity contribution in [1.29, 1.82) is 0 Å². The second-order valence-corrected chi connectivity index (χ2v) is 4.71. The van der Waals surface area contributed by atoms with E-state index in [0.717, 1.165) is 5.82 Å². The van der Waals surface area contributed by atoms with E-state index in [9.17, 15) is 9.59 Å². The van der Waals surface area contributed by atoms with E-state index in [1.165, 1.54) is 17.8 Å². The van der Waals surface area contributed by atoms with Crippen LogP contribution in [0.4, 0.5) is 4.79 Å². The van der Waals surface area contributed by atoms with E-state index in [1.807, 2.05) is 11.5 Å². The lowest BCUT2D eigenvalue weighted by atomic mass is 10.6.